The first-order chi connectivity index (χ1) is 16.6. The number of aryl methyl sites for hydroxylation is 1. The van der Waals surface area contributed by atoms with Gasteiger partial charge in [0.25, 0.3) is 5.91 Å². The second-order valence-corrected chi connectivity index (χ2v) is 10.2. The fraction of sp³-hybridized carbons (Fsp3) is 0.480. The molecule has 0 radical (unpaired) electrons. The molecule has 35 heavy (non-hydrogen) atoms. The number of hydrogen-bond acceptors (Lipinski definition) is 8. The fourth-order valence-corrected chi connectivity index (χ4v) is 4.40. The van der Waals surface area contributed by atoms with Crippen molar-refractivity contribution in [3.8, 4) is 5.75 Å². The maximum Gasteiger partial charge on any atom is 0.410 e. The first-order valence-corrected chi connectivity index (χ1v) is 12.4. The van der Waals surface area contributed by atoms with Gasteiger partial charge in [-0.3, -0.25) is 4.79 Å². The Balaban J connectivity index is 1.53. The summed E-state index contributed by atoms with van der Waals surface area (Å²) in [6.45, 7) is 11.8. The van der Waals surface area contributed by atoms with Crippen molar-refractivity contribution in [2.45, 2.75) is 40.2 Å². The lowest BCUT2D eigenvalue weighted by Gasteiger charge is -2.36. The van der Waals surface area contributed by atoms with E-state index < -0.39 is 11.6 Å². The van der Waals surface area contributed by atoms with Crippen LogP contribution >= 0.6 is 11.3 Å². The maximum absolute atomic E-state index is 12.8. The van der Waals surface area contributed by atoms with E-state index in [0.717, 1.165) is 10.6 Å². The molecule has 1 fully saturated rings. The van der Waals surface area contributed by atoms with E-state index >= 15 is 0 Å². The van der Waals surface area contributed by atoms with Crippen LogP contribution in [0.25, 0.3) is 0 Å². The summed E-state index contributed by atoms with van der Waals surface area (Å²) in [7, 11) is 0. The predicted molar refractivity (Wildman–Crippen MR) is 136 cm³/mol. The summed E-state index contributed by atoms with van der Waals surface area (Å²) in [5.74, 6) is -0.100. The lowest BCUT2D eigenvalue weighted by Crippen LogP contribution is -2.49. The minimum atomic E-state index is -0.515. The van der Waals surface area contributed by atoms with Crippen LogP contribution < -0.4 is 15.0 Å². The number of nitrogens with zero attached hydrogens (tertiary/aromatic N) is 2. The number of piperazine rings is 1. The highest BCUT2D eigenvalue weighted by Gasteiger charge is 2.26. The molecule has 1 aliphatic heterocycles. The van der Waals surface area contributed by atoms with Crippen molar-refractivity contribution in [3.05, 3.63) is 40.8 Å². The Bertz CT molecular complexity index is 1050. The largest absolute Gasteiger partial charge is 0.482 e. The Morgan fingerprint density at radius 1 is 1.06 bits per heavy atom. The number of carbonyl (C=O) groups excluding carboxylic acids is 3. The van der Waals surface area contributed by atoms with Crippen LogP contribution in [0.4, 0.5) is 15.5 Å². The minimum Gasteiger partial charge on any atom is -0.482 e. The Hall–Kier alpha value is -3.27. The third-order valence-corrected chi connectivity index (χ3v) is 6.31. The summed E-state index contributed by atoms with van der Waals surface area (Å²) in [6.07, 6.45) is -0.295. The molecule has 0 atom stereocenters. The molecule has 2 amide bonds. The van der Waals surface area contributed by atoms with Crippen molar-refractivity contribution >= 4 is 40.0 Å². The van der Waals surface area contributed by atoms with E-state index in [0.29, 0.717) is 49.1 Å². The average molecular weight is 504 g/mol. The summed E-state index contributed by atoms with van der Waals surface area (Å²) in [6, 6.07) is 8.95. The van der Waals surface area contributed by atoms with Crippen LogP contribution in [0, 0.1) is 6.92 Å². The van der Waals surface area contributed by atoms with Crippen LogP contribution in [0.15, 0.2) is 30.3 Å². The van der Waals surface area contributed by atoms with Crippen LogP contribution in [0.1, 0.15) is 42.9 Å². The molecular weight excluding hydrogens is 470 g/mol. The lowest BCUT2D eigenvalue weighted by molar-refractivity contribution is -0.145. The Morgan fingerprint density at radius 3 is 2.40 bits per heavy atom. The van der Waals surface area contributed by atoms with E-state index in [-0.39, 0.29) is 18.6 Å². The standard InChI is InChI=1S/C25H33N3O6S/c1-6-32-22(29)16-33-18-7-8-19(17(2)15-18)26-23(30)20-9-10-21(35-20)27-11-13-28(14-12-27)24(31)34-25(3,4)5/h7-10,15H,6,11-14,16H2,1-5H3,(H,26,30). The van der Waals surface area contributed by atoms with E-state index in [9.17, 15) is 14.4 Å². The normalized spacial score (nSPS) is 13.9. The van der Waals surface area contributed by atoms with Gasteiger partial charge < -0.3 is 29.3 Å². The summed E-state index contributed by atoms with van der Waals surface area (Å²) in [5, 5.41) is 3.92. The maximum atomic E-state index is 12.8. The molecule has 1 saturated heterocycles. The van der Waals surface area contributed by atoms with E-state index in [1.807, 2.05) is 39.8 Å². The second-order valence-electron chi connectivity index (χ2n) is 9.12. The van der Waals surface area contributed by atoms with Gasteiger partial charge in [-0.15, -0.1) is 11.3 Å². The van der Waals surface area contributed by atoms with Gasteiger partial charge in [0, 0.05) is 31.9 Å². The molecule has 190 valence electrons. The van der Waals surface area contributed by atoms with E-state index in [4.69, 9.17) is 14.2 Å². The van der Waals surface area contributed by atoms with Crippen LogP contribution in [0.2, 0.25) is 0 Å². The molecule has 10 heteroatoms. The zero-order valence-corrected chi connectivity index (χ0v) is 21.7. The number of carbonyl (C=O) groups is 3. The zero-order chi connectivity index (χ0) is 25.6. The van der Waals surface area contributed by atoms with Gasteiger partial charge in [0.05, 0.1) is 16.5 Å². The van der Waals surface area contributed by atoms with Crippen molar-refractivity contribution in [3.63, 3.8) is 0 Å². The minimum absolute atomic E-state index is 0.164. The predicted octanol–water partition coefficient (Wildman–Crippen LogP) is 4.31. The Labute approximate surface area is 209 Å². The van der Waals surface area contributed by atoms with Gasteiger partial charge in [0.1, 0.15) is 11.4 Å². The highest BCUT2D eigenvalue weighted by atomic mass is 32.1. The Morgan fingerprint density at radius 2 is 1.77 bits per heavy atom. The SMILES string of the molecule is CCOC(=O)COc1ccc(NC(=O)c2ccc(N3CCN(C(=O)OC(C)(C)C)CC3)s2)c(C)c1. The van der Waals surface area contributed by atoms with Crippen molar-refractivity contribution in [1.29, 1.82) is 0 Å². The summed E-state index contributed by atoms with van der Waals surface area (Å²) in [5.41, 5.74) is 0.965. The highest BCUT2D eigenvalue weighted by molar-refractivity contribution is 7.18. The van der Waals surface area contributed by atoms with Crippen molar-refractivity contribution in [2.24, 2.45) is 0 Å². The number of rotatable bonds is 7. The van der Waals surface area contributed by atoms with Crippen LogP contribution in [0.5, 0.6) is 5.75 Å². The molecule has 0 aliphatic carbocycles. The van der Waals surface area contributed by atoms with Crippen LogP contribution in [0.3, 0.4) is 0 Å². The first kappa shape index (κ1) is 26.3. The number of nitrogens with one attached hydrogen (secondary N) is 1. The molecule has 2 heterocycles. The summed E-state index contributed by atoms with van der Waals surface area (Å²) in [4.78, 5) is 41.0. The van der Waals surface area contributed by atoms with Crippen LogP contribution in [-0.2, 0) is 14.3 Å². The van der Waals surface area contributed by atoms with E-state index in [1.54, 1.807) is 30.0 Å². The van der Waals surface area contributed by atoms with Crippen molar-refractivity contribution in [1.82, 2.24) is 4.90 Å². The molecule has 0 saturated carbocycles. The number of benzene rings is 1. The van der Waals surface area contributed by atoms with Gasteiger partial charge in [0.2, 0.25) is 0 Å². The molecule has 2 aromatic rings. The van der Waals surface area contributed by atoms with Gasteiger partial charge >= 0.3 is 12.1 Å². The highest BCUT2D eigenvalue weighted by Crippen LogP contribution is 2.29. The van der Waals surface area contributed by atoms with Crippen molar-refractivity contribution < 1.29 is 28.6 Å². The lowest BCUT2D eigenvalue weighted by atomic mass is 10.2. The summed E-state index contributed by atoms with van der Waals surface area (Å²) >= 11 is 1.41. The van der Waals surface area contributed by atoms with Gasteiger partial charge in [-0.25, -0.2) is 9.59 Å². The topological polar surface area (TPSA) is 97.4 Å². The number of anilines is 2. The Kier molecular flexibility index (Phi) is 8.61. The smallest absolute Gasteiger partial charge is 0.410 e. The molecule has 0 bridgehead atoms. The van der Waals surface area contributed by atoms with Crippen molar-refractivity contribution in [2.75, 3.05) is 49.6 Å². The monoisotopic (exact) mass is 503 g/mol. The van der Waals surface area contributed by atoms with Gasteiger partial charge in [-0.2, -0.15) is 0 Å². The molecule has 1 N–H and O–H groups in total. The fourth-order valence-electron chi connectivity index (χ4n) is 3.45. The van der Waals surface area contributed by atoms with Crippen LogP contribution in [-0.4, -0.2) is 67.9 Å². The molecule has 3 rings (SSSR count). The molecule has 1 aromatic heterocycles. The molecular formula is C25H33N3O6S. The van der Waals surface area contributed by atoms with Gasteiger partial charge in [0.15, 0.2) is 6.61 Å². The average Bonchev–Trinajstić information content (AvgIpc) is 3.29. The molecule has 1 aromatic carbocycles. The quantitative estimate of drug-likeness (QED) is 0.563. The number of hydrogen-bond donors (Lipinski definition) is 1. The molecule has 1 aliphatic rings. The number of esters is 1. The second kappa shape index (κ2) is 11.4. The number of ether oxygens (including phenoxy) is 3. The van der Waals surface area contributed by atoms with Gasteiger partial charge in [-0.1, -0.05) is 0 Å². The van der Waals surface area contributed by atoms with E-state index in [2.05, 4.69) is 10.2 Å². The molecule has 9 nitrogen and oxygen atoms in total. The zero-order valence-electron chi connectivity index (χ0n) is 20.9. The number of thiophene rings is 1. The third kappa shape index (κ3) is 7.61. The summed E-state index contributed by atoms with van der Waals surface area (Å²) < 4.78 is 15.7. The van der Waals surface area contributed by atoms with E-state index in [1.165, 1.54) is 11.3 Å². The molecule has 0 unspecified atom stereocenters. The van der Waals surface area contributed by atoms with Gasteiger partial charge in [-0.05, 0) is 70.5 Å². The molecule has 0 spiro atoms. The third-order valence-electron chi connectivity index (χ3n) is 5.17. The number of amides is 2. The first-order valence-electron chi connectivity index (χ1n) is 11.6.